The molecule has 1 rings (SSSR count). The maximum atomic E-state index is 11.8. The number of carbonyl (C=O) groups excluding carboxylic acids is 1. The molecule has 0 heterocycles. The zero-order valence-electron chi connectivity index (χ0n) is 8.85. The Labute approximate surface area is 96.2 Å². The first-order valence-electron chi connectivity index (χ1n) is 4.88. The fraction of sp³-hybridized carbons (Fsp3) is 0.300. The van der Waals surface area contributed by atoms with Gasteiger partial charge in [0.15, 0.2) is 0 Å². The summed E-state index contributed by atoms with van der Waals surface area (Å²) >= 11 is 0. The second-order valence-corrected chi connectivity index (χ2v) is 3.26. The third kappa shape index (κ3) is 3.40. The molecule has 0 saturated heterocycles. The second-order valence-electron chi connectivity index (χ2n) is 3.26. The van der Waals surface area contributed by atoms with Gasteiger partial charge in [0.25, 0.3) is 11.6 Å². The molecule has 0 fully saturated rings. The fourth-order valence-electron chi connectivity index (χ4n) is 1.19. The summed E-state index contributed by atoms with van der Waals surface area (Å²) in [5.74, 6) is -1.07. The molecule has 0 aliphatic heterocycles. The lowest BCUT2D eigenvalue weighted by Crippen LogP contribution is -2.24. The number of phenolic OH excluding ortho intramolecular Hbond substituents is 1. The van der Waals surface area contributed by atoms with Crippen molar-refractivity contribution in [3.63, 3.8) is 0 Å². The lowest BCUT2D eigenvalue weighted by Gasteiger charge is -2.05. The van der Waals surface area contributed by atoms with E-state index in [1.165, 1.54) is 0 Å². The van der Waals surface area contributed by atoms with E-state index in [-0.39, 0.29) is 24.2 Å². The van der Waals surface area contributed by atoms with Crippen LogP contribution in [0.3, 0.4) is 0 Å². The maximum absolute atomic E-state index is 11.8. The van der Waals surface area contributed by atoms with E-state index in [2.05, 4.69) is 5.32 Å². The first kappa shape index (κ1) is 12.9. The van der Waals surface area contributed by atoms with Gasteiger partial charge in [-0.3, -0.25) is 19.3 Å². The number of aromatic hydroxyl groups is 1. The normalized spacial score (nSPS) is 9.94. The molecule has 0 saturated carbocycles. The number of halogens is 1. The Morgan fingerprint density at radius 3 is 2.76 bits per heavy atom. The summed E-state index contributed by atoms with van der Waals surface area (Å²) < 4.78 is 11.8. The van der Waals surface area contributed by atoms with Gasteiger partial charge in [-0.05, 0) is 12.5 Å². The maximum Gasteiger partial charge on any atom is 0.273 e. The Morgan fingerprint density at radius 1 is 1.53 bits per heavy atom. The number of benzene rings is 1. The number of nitrogens with zero attached hydrogens (tertiary/aromatic N) is 1. The van der Waals surface area contributed by atoms with Crippen molar-refractivity contribution < 1.29 is 19.2 Å². The Balaban J connectivity index is 2.78. The van der Waals surface area contributed by atoms with Crippen molar-refractivity contribution >= 4 is 11.6 Å². The average Bonchev–Trinajstić information content (AvgIpc) is 2.28. The van der Waals surface area contributed by atoms with Crippen LogP contribution in [0.1, 0.15) is 16.8 Å². The highest BCUT2D eigenvalue weighted by molar-refractivity contribution is 5.97. The standard InChI is InChI=1S/C10H11FN2O4/c11-4-1-5-12-10(15)8-3-2-7(13(16)17)6-9(8)14/h2-3,6,14H,1,4-5H2,(H,12,15). The first-order valence-corrected chi connectivity index (χ1v) is 4.88. The van der Waals surface area contributed by atoms with Crippen LogP contribution in [0.2, 0.25) is 0 Å². The summed E-state index contributed by atoms with van der Waals surface area (Å²) in [5.41, 5.74) is -0.378. The summed E-state index contributed by atoms with van der Waals surface area (Å²) in [6.07, 6.45) is 0.180. The number of rotatable bonds is 5. The van der Waals surface area contributed by atoms with Crippen molar-refractivity contribution in [3.05, 3.63) is 33.9 Å². The van der Waals surface area contributed by atoms with Crippen LogP contribution in [0.5, 0.6) is 5.75 Å². The molecule has 0 aromatic heterocycles. The summed E-state index contributed by atoms with van der Waals surface area (Å²) in [6.45, 7) is -0.404. The van der Waals surface area contributed by atoms with Gasteiger partial charge in [-0.15, -0.1) is 0 Å². The highest BCUT2D eigenvalue weighted by Gasteiger charge is 2.14. The largest absolute Gasteiger partial charge is 0.507 e. The molecule has 1 aromatic carbocycles. The number of hydrogen-bond donors (Lipinski definition) is 2. The monoisotopic (exact) mass is 242 g/mol. The molecular weight excluding hydrogens is 231 g/mol. The summed E-state index contributed by atoms with van der Waals surface area (Å²) in [4.78, 5) is 21.2. The van der Waals surface area contributed by atoms with Crippen LogP contribution < -0.4 is 5.32 Å². The van der Waals surface area contributed by atoms with Crippen molar-refractivity contribution in [2.75, 3.05) is 13.2 Å². The molecule has 0 radical (unpaired) electrons. The van der Waals surface area contributed by atoms with E-state index >= 15 is 0 Å². The van der Waals surface area contributed by atoms with E-state index in [1.54, 1.807) is 0 Å². The van der Waals surface area contributed by atoms with Gasteiger partial charge in [0.1, 0.15) is 5.75 Å². The fourth-order valence-corrected chi connectivity index (χ4v) is 1.19. The van der Waals surface area contributed by atoms with Gasteiger partial charge in [-0.1, -0.05) is 0 Å². The van der Waals surface area contributed by atoms with Gasteiger partial charge < -0.3 is 10.4 Å². The smallest absolute Gasteiger partial charge is 0.273 e. The van der Waals surface area contributed by atoms with Crippen molar-refractivity contribution in [3.8, 4) is 5.75 Å². The van der Waals surface area contributed by atoms with Gasteiger partial charge in [-0.25, -0.2) is 0 Å². The summed E-state index contributed by atoms with van der Waals surface area (Å²) in [7, 11) is 0. The van der Waals surface area contributed by atoms with Crippen molar-refractivity contribution in [1.82, 2.24) is 5.32 Å². The van der Waals surface area contributed by atoms with Gasteiger partial charge in [0.2, 0.25) is 0 Å². The molecule has 0 aliphatic carbocycles. The number of nitro groups is 1. The van der Waals surface area contributed by atoms with E-state index in [9.17, 15) is 24.4 Å². The third-order valence-electron chi connectivity index (χ3n) is 2.03. The second kappa shape index (κ2) is 5.78. The summed E-state index contributed by atoms with van der Waals surface area (Å²) in [5, 5.41) is 22.2. The number of non-ortho nitro benzene ring substituents is 1. The van der Waals surface area contributed by atoms with Gasteiger partial charge >= 0.3 is 0 Å². The molecule has 0 bridgehead atoms. The molecule has 2 N–H and O–H groups in total. The molecule has 92 valence electrons. The van der Waals surface area contributed by atoms with E-state index in [1.807, 2.05) is 0 Å². The number of amides is 1. The zero-order chi connectivity index (χ0) is 12.8. The lowest BCUT2D eigenvalue weighted by atomic mass is 10.1. The van der Waals surface area contributed by atoms with Gasteiger partial charge in [0, 0.05) is 12.6 Å². The Hall–Kier alpha value is -2.18. The highest BCUT2D eigenvalue weighted by Crippen LogP contribution is 2.23. The van der Waals surface area contributed by atoms with Crippen molar-refractivity contribution in [2.45, 2.75) is 6.42 Å². The van der Waals surface area contributed by atoms with E-state index in [0.29, 0.717) is 0 Å². The molecule has 1 aromatic rings. The molecule has 0 atom stereocenters. The number of alkyl halides is 1. The SMILES string of the molecule is O=C(NCCCF)c1ccc([N+](=O)[O-])cc1O. The van der Waals surface area contributed by atoms with Crippen LogP contribution in [0.15, 0.2) is 18.2 Å². The highest BCUT2D eigenvalue weighted by atomic mass is 19.1. The minimum atomic E-state index is -0.676. The number of carbonyl (C=O) groups is 1. The first-order chi connectivity index (χ1) is 8.06. The molecule has 1 amide bonds. The van der Waals surface area contributed by atoms with Gasteiger partial charge in [-0.2, -0.15) is 0 Å². The van der Waals surface area contributed by atoms with E-state index in [4.69, 9.17) is 0 Å². The minimum absolute atomic E-state index is 0.0746. The van der Waals surface area contributed by atoms with E-state index < -0.39 is 23.3 Å². The number of hydrogen-bond acceptors (Lipinski definition) is 4. The van der Waals surface area contributed by atoms with Gasteiger partial charge in [0.05, 0.1) is 23.2 Å². The Bertz CT molecular complexity index is 436. The molecular formula is C10H11FN2O4. The van der Waals surface area contributed by atoms with Crippen LogP contribution in [-0.2, 0) is 0 Å². The molecule has 17 heavy (non-hydrogen) atoms. The Kier molecular flexibility index (Phi) is 4.38. The predicted octanol–water partition coefficient (Wildman–Crippen LogP) is 1.39. The molecule has 0 aliphatic rings. The lowest BCUT2D eigenvalue weighted by molar-refractivity contribution is -0.384. The molecule has 6 nitrogen and oxygen atoms in total. The molecule has 7 heteroatoms. The predicted molar refractivity (Wildman–Crippen MR) is 57.7 cm³/mol. The molecule has 0 spiro atoms. The van der Waals surface area contributed by atoms with Crippen LogP contribution in [0.4, 0.5) is 10.1 Å². The van der Waals surface area contributed by atoms with Crippen LogP contribution in [-0.4, -0.2) is 29.2 Å². The number of nitro benzene ring substituents is 1. The zero-order valence-corrected chi connectivity index (χ0v) is 8.85. The van der Waals surface area contributed by atoms with Crippen molar-refractivity contribution in [1.29, 1.82) is 0 Å². The Morgan fingerprint density at radius 2 is 2.24 bits per heavy atom. The van der Waals surface area contributed by atoms with Crippen LogP contribution >= 0.6 is 0 Å². The van der Waals surface area contributed by atoms with Crippen LogP contribution in [0.25, 0.3) is 0 Å². The molecule has 0 unspecified atom stereocenters. The average molecular weight is 242 g/mol. The van der Waals surface area contributed by atoms with Crippen molar-refractivity contribution in [2.24, 2.45) is 0 Å². The quantitative estimate of drug-likeness (QED) is 0.463. The summed E-state index contributed by atoms with van der Waals surface area (Å²) in [6, 6.07) is 3.16. The van der Waals surface area contributed by atoms with E-state index in [0.717, 1.165) is 18.2 Å². The van der Waals surface area contributed by atoms with Crippen LogP contribution in [0, 0.1) is 10.1 Å². The number of nitrogens with one attached hydrogen (secondary N) is 1. The topological polar surface area (TPSA) is 92.5 Å². The number of phenols is 1. The third-order valence-corrected chi connectivity index (χ3v) is 2.03. The minimum Gasteiger partial charge on any atom is -0.507 e.